The molecule has 0 saturated heterocycles. The summed E-state index contributed by atoms with van der Waals surface area (Å²) in [5, 5.41) is 2.32. The van der Waals surface area contributed by atoms with Crippen LogP contribution in [0.4, 0.5) is 8.78 Å². The first-order valence-corrected chi connectivity index (χ1v) is 7.14. The minimum Gasteiger partial charge on any atom is -0.277 e. The topological polar surface area (TPSA) is 17.8 Å². The Morgan fingerprint density at radius 2 is 1.90 bits per heavy atom. The molecule has 0 bridgehead atoms. The van der Waals surface area contributed by atoms with Gasteiger partial charge in [0, 0.05) is 17.3 Å². The first-order valence-electron chi connectivity index (χ1n) is 6.15. The van der Waals surface area contributed by atoms with Gasteiger partial charge in [-0.2, -0.15) is 8.78 Å². The van der Waals surface area contributed by atoms with Crippen LogP contribution in [0.15, 0.2) is 59.8 Å². The monoisotopic (exact) mass is 290 g/mol. The summed E-state index contributed by atoms with van der Waals surface area (Å²) >= 11 is 1.51. The number of fused-ring (bicyclic) bond motifs is 1. The van der Waals surface area contributed by atoms with Crippen molar-refractivity contribution in [3.05, 3.63) is 60.7 Å². The van der Waals surface area contributed by atoms with Gasteiger partial charge in [0.1, 0.15) is 5.82 Å². The third-order valence-electron chi connectivity index (χ3n) is 3.05. The smallest absolute Gasteiger partial charge is 0.277 e. The molecule has 0 saturated carbocycles. The van der Waals surface area contributed by atoms with Gasteiger partial charge in [0.05, 0.1) is 5.75 Å². The van der Waals surface area contributed by atoms with Gasteiger partial charge in [0.15, 0.2) is 0 Å². The normalized spacial score (nSPS) is 11.3. The van der Waals surface area contributed by atoms with E-state index in [0.29, 0.717) is 11.6 Å². The van der Waals surface area contributed by atoms with Crippen molar-refractivity contribution >= 4 is 22.5 Å². The Labute approximate surface area is 119 Å². The van der Waals surface area contributed by atoms with Crippen LogP contribution in [0.5, 0.6) is 0 Å². The molecule has 3 aromatic rings. The Morgan fingerprint density at radius 3 is 2.70 bits per heavy atom. The first kappa shape index (κ1) is 13.1. The van der Waals surface area contributed by atoms with Crippen LogP contribution in [0.3, 0.4) is 0 Å². The van der Waals surface area contributed by atoms with Crippen LogP contribution in [0.1, 0.15) is 12.4 Å². The number of alkyl halides is 2. The zero-order valence-corrected chi connectivity index (χ0v) is 11.4. The fourth-order valence-corrected chi connectivity index (χ4v) is 2.93. The zero-order valence-electron chi connectivity index (χ0n) is 10.5. The van der Waals surface area contributed by atoms with Crippen molar-refractivity contribution in [1.82, 2.24) is 9.55 Å². The fourth-order valence-electron chi connectivity index (χ4n) is 2.04. The van der Waals surface area contributed by atoms with Gasteiger partial charge in [0.2, 0.25) is 0 Å². The quantitative estimate of drug-likeness (QED) is 0.647. The highest BCUT2D eigenvalue weighted by Crippen LogP contribution is 2.27. The molecule has 0 amide bonds. The van der Waals surface area contributed by atoms with Crippen molar-refractivity contribution < 1.29 is 8.78 Å². The number of halogens is 2. The van der Waals surface area contributed by atoms with Gasteiger partial charge in [0.25, 0.3) is 0 Å². The number of thioether (sulfide) groups is 1. The van der Waals surface area contributed by atoms with Gasteiger partial charge in [-0.1, -0.05) is 30.3 Å². The number of nitrogens with zero attached hydrogens (tertiary/aromatic N) is 2. The summed E-state index contributed by atoms with van der Waals surface area (Å²) in [6.07, 6.45) is 2.71. The van der Waals surface area contributed by atoms with Crippen molar-refractivity contribution in [2.45, 2.75) is 17.2 Å². The molecule has 3 rings (SSSR count). The van der Waals surface area contributed by atoms with E-state index in [4.69, 9.17) is 0 Å². The highest BCUT2D eigenvalue weighted by atomic mass is 32.2. The molecule has 0 fully saturated rings. The molecule has 0 N–H and O–H groups in total. The number of hydrogen-bond acceptors (Lipinski definition) is 2. The number of rotatable bonds is 4. The maximum atomic E-state index is 12.7. The Balaban J connectivity index is 1.78. The summed E-state index contributed by atoms with van der Waals surface area (Å²) in [4.78, 5) is 5.03. The minimum atomic E-state index is -2.54. The van der Waals surface area contributed by atoms with Crippen LogP contribution in [-0.2, 0) is 5.75 Å². The summed E-state index contributed by atoms with van der Waals surface area (Å²) < 4.78 is 26.3. The van der Waals surface area contributed by atoms with Gasteiger partial charge in [-0.25, -0.2) is 4.98 Å². The average molecular weight is 290 g/mol. The van der Waals surface area contributed by atoms with Gasteiger partial charge in [-0.15, -0.1) is 11.8 Å². The zero-order chi connectivity index (χ0) is 13.9. The van der Waals surface area contributed by atoms with Crippen LogP contribution in [0, 0.1) is 0 Å². The minimum absolute atomic E-state index is 0.387. The number of imidazole rings is 1. The van der Waals surface area contributed by atoms with Crippen molar-refractivity contribution in [3.63, 3.8) is 0 Å². The van der Waals surface area contributed by atoms with Crippen LogP contribution in [0.25, 0.3) is 10.8 Å². The molecule has 0 aliphatic heterocycles. The Morgan fingerprint density at radius 1 is 1.10 bits per heavy atom. The van der Waals surface area contributed by atoms with E-state index < -0.39 is 6.55 Å². The second-order valence-corrected chi connectivity index (χ2v) is 5.37. The largest absolute Gasteiger partial charge is 0.319 e. The third-order valence-corrected chi connectivity index (χ3v) is 4.04. The SMILES string of the molecule is FC(F)n1ccnc1CSc1ccc2ccccc2c1. The molecule has 0 aliphatic rings. The van der Waals surface area contributed by atoms with Crippen LogP contribution in [-0.4, -0.2) is 9.55 Å². The molecule has 1 heterocycles. The molecule has 0 aliphatic carbocycles. The molecule has 2 nitrogen and oxygen atoms in total. The van der Waals surface area contributed by atoms with E-state index >= 15 is 0 Å². The van der Waals surface area contributed by atoms with Crippen LogP contribution >= 0.6 is 11.8 Å². The first-order chi connectivity index (χ1) is 9.74. The standard InChI is InChI=1S/C15H12F2N2S/c16-15(17)19-8-7-18-14(19)10-20-13-6-5-11-3-1-2-4-12(11)9-13/h1-9,15H,10H2. The fraction of sp³-hybridized carbons (Fsp3) is 0.133. The molecule has 0 atom stereocenters. The van der Waals surface area contributed by atoms with Crippen molar-refractivity contribution in [3.8, 4) is 0 Å². The molecule has 102 valence electrons. The lowest BCUT2D eigenvalue weighted by molar-refractivity contribution is 0.0678. The molecule has 2 aromatic carbocycles. The highest BCUT2D eigenvalue weighted by molar-refractivity contribution is 7.98. The molecule has 5 heteroatoms. The van der Waals surface area contributed by atoms with Crippen molar-refractivity contribution in [2.75, 3.05) is 0 Å². The molecular formula is C15H12F2N2S. The average Bonchev–Trinajstić information content (AvgIpc) is 2.93. The molecular weight excluding hydrogens is 278 g/mol. The van der Waals surface area contributed by atoms with E-state index in [1.54, 1.807) is 0 Å². The maximum absolute atomic E-state index is 12.7. The summed E-state index contributed by atoms with van der Waals surface area (Å²) in [5.41, 5.74) is 0. The van der Waals surface area contributed by atoms with Gasteiger partial charge in [-0.3, -0.25) is 4.57 Å². The van der Waals surface area contributed by atoms with E-state index in [0.717, 1.165) is 14.8 Å². The molecule has 0 spiro atoms. The lowest BCUT2D eigenvalue weighted by Gasteiger charge is -2.06. The van der Waals surface area contributed by atoms with Gasteiger partial charge in [-0.05, 0) is 22.9 Å². The van der Waals surface area contributed by atoms with Gasteiger partial charge >= 0.3 is 6.55 Å². The lowest BCUT2D eigenvalue weighted by Crippen LogP contribution is -2.01. The predicted octanol–water partition coefficient (Wildman–Crippen LogP) is 4.72. The molecule has 0 radical (unpaired) electrons. The van der Waals surface area contributed by atoms with Crippen molar-refractivity contribution in [1.29, 1.82) is 0 Å². The lowest BCUT2D eigenvalue weighted by atomic mass is 10.1. The van der Waals surface area contributed by atoms with E-state index in [9.17, 15) is 8.78 Å². The van der Waals surface area contributed by atoms with Crippen LogP contribution < -0.4 is 0 Å². The van der Waals surface area contributed by atoms with Crippen LogP contribution in [0.2, 0.25) is 0 Å². The second kappa shape index (κ2) is 5.63. The maximum Gasteiger partial charge on any atom is 0.319 e. The van der Waals surface area contributed by atoms with E-state index in [1.165, 1.54) is 29.5 Å². The van der Waals surface area contributed by atoms with E-state index in [2.05, 4.69) is 11.1 Å². The predicted molar refractivity (Wildman–Crippen MR) is 77.0 cm³/mol. The summed E-state index contributed by atoms with van der Waals surface area (Å²) in [6.45, 7) is -2.54. The summed E-state index contributed by atoms with van der Waals surface area (Å²) in [7, 11) is 0. The number of benzene rings is 2. The van der Waals surface area contributed by atoms with Gasteiger partial charge < -0.3 is 0 Å². The second-order valence-electron chi connectivity index (χ2n) is 4.33. The number of hydrogen-bond donors (Lipinski definition) is 0. The summed E-state index contributed by atoms with van der Waals surface area (Å²) in [5.74, 6) is 0.813. The molecule has 0 unspecified atom stereocenters. The van der Waals surface area contributed by atoms with E-state index in [1.807, 2.05) is 36.4 Å². The highest BCUT2D eigenvalue weighted by Gasteiger charge is 2.11. The number of aromatic nitrogens is 2. The molecule has 20 heavy (non-hydrogen) atoms. The Kier molecular flexibility index (Phi) is 3.69. The third kappa shape index (κ3) is 2.67. The summed E-state index contributed by atoms with van der Waals surface area (Å²) in [6, 6.07) is 14.2. The Bertz CT molecular complexity index is 724. The Hall–Kier alpha value is -1.88. The van der Waals surface area contributed by atoms with E-state index in [-0.39, 0.29) is 0 Å². The van der Waals surface area contributed by atoms with Crippen molar-refractivity contribution in [2.24, 2.45) is 0 Å². The molecule has 1 aromatic heterocycles.